The van der Waals surface area contributed by atoms with E-state index in [0.29, 0.717) is 17.5 Å². The smallest absolute Gasteiger partial charge is 0.271 e. The number of aliphatic imine (C=N–C) groups is 1. The van der Waals surface area contributed by atoms with Gasteiger partial charge in [0.25, 0.3) is 5.56 Å². The van der Waals surface area contributed by atoms with Crippen molar-refractivity contribution in [2.24, 2.45) is 10.7 Å². The summed E-state index contributed by atoms with van der Waals surface area (Å²) in [4.78, 5) is 18.6. The van der Waals surface area contributed by atoms with Crippen molar-refractivity contribution >= 4 is 18.5 Å². The van der Waals surface area contributed by atoms with Crippen molar-refractivity contribution in [3.8, 4) is 0 Å². The number of hydrogen-bond donors (Lipinski definition) is 2. The molecular formula is C18H19N5O. The van der Waals surface area contributed by atoms with Crippen LogP contribution in [0.4, 0.5) is 0 Å². The normalized spacial score (nSPS) is 18.5. The Kier molecular flexibility index (Phi) is 3.74. The van der Waals surface area contributed by atoms with Crippen LogP contribution in [0.2, 0.25) is 0 Å². The van der Waals surface area contributed by atoms with E-state index < -0.39 is 0 Å². The van der Waals surface area contributed by atoms with Crippen molar-refractivity contribution in [2.75, 3.05) is 6.54 Å². The van der Waals surface area contributed by atoms with Crippen LogP contribution < -0.4 is 21.7 Å². The first-order valence-corrected chi connectivity index (χ1v) is 8.14. The van der Waals surface area contributed by atoms with E-state index >= 15 is 0 Å². The number of nitrogens with zero attached hydrogens (tertiary/aromatic N) is 3. The third kappa shape index (κ3) is 2.55. The summed E-state index contributed by atoms with van der Waals surface area (Å²) >= 11 is 0. The van der Waals surface area contributed by atoms with Crippen LogP contribution in [0.25, 0.3) is 12.2 Å². The molecule has 24 heavy (non-hydrogen) atoms. The van der Waals surface area contributed by atoms with Gasteiger partial charge in [0, 0.05) is 41.8 Å². The minimum absolute atomic E-state index is 0.167. The average Bonchev–Trinajstić information content (AvgIpc) is 2.97. The van der Waals surface area contributed by atoms with Gasteiger partial charge in [-0.05, 0) is 30.1 Å². The molecule has 0 atom stereocenters. The summed E-state index contributed by atoms with van der Waals surface area (Å²) in [6, 6.07) is 0. The Labute approximate surface area is 139 Å². The van der Waals surface area contributed by atoms with E-state index in [4.69, 9.17) is 5.73 Å². The van der Waals surface area contributed by atoms with Crippen molar-refractivity contribution in [1.29, 1.82) is 0 Å². The predicted octanol–water partition coefficient (Wildman–Crippen LogP) is 0.0252. The number of hydrogen-bond acceptors (Lipinski definition) is 5. The molecule has 1 aromatic heterocycles. The SMILES string of the molecule is NCc1n[nH]c(=O)c2c1=CC(CC1=CN=CN3CCC=C13)=CCC=2. The molecule has 0 bridgehead atoms. The van der Waals surface area contributed by atoms with Gasteiger partial charge in [0.1, 0.15) is 0 Å². The first-order valence-electron chi connectivity index (χ1n) is 8.14. The number of allylic oxidation sites excluding steroid dienone is 3. The van der Waals surface area contributed by atoms with Crippen LogP contribution in [-0.2, 0) is 6.54 Å². The second-order valence-electron chi connectivity index (χ2n) is 6.06. The van der Waals surface area contributed by atoms with Crippen molar-refractivity contribution in [2.45, 2.75) is 25.8 Å². The van der Waals surface area contributed by atoms with Crippen LogP contribution in [0.5, 0.6) is 0 Å². The zero-order valence-corrected chi connectivity index (χ0v) is 13.3. The van der Waals surface area contributed by atoms with Gasteiger partial charge in [0.05, 0.1) is 12.0 Å². The van der Waals surface area contributed by atoms with Gasteiger partial charge >= 0.3 is 0 Å². The second-order valence-corrected chi connectivity index (χ2v) is 6.06. The molecule has 0 radical (unpaired) electrons. The molecule has 6 heteroatoms. The molecule has 1 aromatic rings. The highest BCUT2D eigenvalue weighted by atomic mass is 16.1. The number of aromatic amines is 1. The summed E-state index contributed by atoms with van der Waals surface area (Å²) < 4.78 is 0. The van der Waals surface area contributed by atoms with E-state index in [2.05, 4.69) is 32.2 Å². The molecule has 1 aliphatic carbocycles. The molecule has 0 amide bonds. The Morgan fingerprint density at radius 2 is 2.17 bits per heavy atom. The Balaban J connectivity index is 1.74. The Bertz CT molecular complexity index is 978. The number of nitrogens with one attached hydrogen (secondary N) is 1. The molecule has 4 rings (SSSR count). The summed E-state index contributed by atoms with van der Waals surface area (Å²) in [5, 5.41) is 8.11. The molecule has 0 saturated carbocycles. The Morgan fingerprint density at radius 3 is 3.04 bits per heavy atom. The van der Waals surface area contributed by atoms with Gasteiger partial charge in [-0.15, -0.1) is 0 Å². The van der Waals surface area contributed by atoms with E-state index in [-0.39, 0.29) is 5.56 Å². The zero-order valence-electron chi connectivity index (χ0n) is 13.3. The average molecular weight is 321 g/mol. The Hall–Kier alpha value is -2.73. The second kappa shape index (κ2) is 6.05. The largest absolute Gasteiger partial charge is 0.332 e. The molecule has 122 valence electrons. The molecule has 0 saturated heterocycles. The molecule has 6 nitrogen and oxygen atoms in total. The lowest BCUT2D eigenvalue weighted by atomic mass is 10.0. The summed E-state index contributed by atoms with van der Waals surface area (Å²) in [5.74, 6) is 0. The number of fused-ring (bicyclic) bond motifs is 2. The van der Waals surface area contributed by atoms with Gasteiger partial charge in [-0.3, -0.25) is 4.79 Å². The molecule has 2 aliphatic heterocycles. The summed E-state index contributed by atoms with van der Waals surface area (Å²) in [5.41, 5.74) is 9.94. The van der Waals surface area contributed by atoms with Crippen molar-refractivity contribution in [1.82, 2.24) is 15.1 Å². The van der Waals surface area contributed by atoms with Gasteiger partial charge in [-0.2, -0.15) is 5.10 Å². The Morgan fingerprint density at radius 1 is 1.25 bits per heavy atom. The molecule has 0 aromatic carbocycles. The summed E-state index contributed by atoms with van der Waals surface area (Å²) in [6.07, 6.45) is 14.7. The first-order chi connectivity index (χ1) is 11.8. The monoisotopic (exact) mass is 321 g/mol. The quantitative estimate of drug-likeness (QED) is 0.822. The van der Waals surface area contributed by atoms with Crippen molar-refractivity contribution in [3.05, 3.63) is 61.7 Å². The maximum atomic E-state index is 12.1. The highest BCUT2D eigenvalue weighted by molar-refractivity contribution is 5.66. The third-order valence-electron chi connectivity index (χ3n) is 4.54. The number of nitrogens with two attached hydrogens (primary N) is 1. The number of aromatic nitrogens is 2. The first kappa shape index (κ1) is 14.8. The van der Waals surface area contributed by atoms with Crippen LogP contribution in [0.3, 0.4) is 0 Å². The van der Waals surface area contributed by atoms with Crippen LogP contribution in [0.15, 0.2) is 45.0 Å². The topological polar surface area (TPSA) is 87.4 Å². The van der Waals surface area contributed by atoms with Gasteiger partial charge in [-0.1, -0.05) is 18.2 Å². The van der Waals surface area contributed by atoms with E-state index in [0.717, 1.165) is 36.6 Å². The maximum absolute atomic E-state index is 12.1. The highest BCUT2D eigenvalue weighted by Gasteiger charge is 2.20. The van der Waals surface area contributed by atoms with E-state index in [1.54, 1.807) is 0 Å². The van der Waals surface area contributed by atoms with Gasteiger partial charge in [0.2, 0.25) is 0 Å². The van der Waals surface area contributed by atoms with Crippen LogP contribution in [0.1, 0.15) is 25.0 Å². The minimum atomic E-state index is -0.167. The van der Waals surface area contributed by atoms with Crippen molar-refractivity contribution in [3.63, 3.8) is 0 Å². The zero-order chi connectivity index (χ0) is 16.5. The fourth-order valence-corrected chi connectivity index (χ4v) is 3.37. The van der Waals surface area contributed by atoms with Crippen LogP contribution in [0, 0.1) is 0 Å². The fraction of sp³-hybridized carbons (Fsp3) is 0.278. The van der Waals surface area contributed by atoms with E-state index in [1.165, 1.54) is 11.3 Å². The standard InChI is InChI=1S/C18H19N5O/c19-9-16-15-8-12(3-1-4-14(15)18(24)22-21-16)7-13-10-20-11-23-6-2-5-17(13)23/h3-5,8,10-11H,1-2,6-7,9,19H2,(H,22,24). The minimum Gasteiger partial charge on any atom is -0.332 e. The molecule has 3 aliphatic rings. The van der Waals surface area contributed by atoms with Crippen LogP contribution in [-0.4, -0.2) is 28.0 Å². The number of rotatable bonds is 3. The summed E-state index contributed by atoms with van der Waals surface area (Å²) in [6.45, 7) is 1.29. The van der Waals surface area contributed by atoms with E-state index in [1.807, 2.05) is 24.7 Å². The molecular weight excluding hydrogens is 302 g/mol. The molecule has 0 spiro atoms. The fourth-order valence-electron chi connectivity index (χ4n) is 3.37. The highest BCUT2D eigenvalue weighted by Crippen LogP contribution is 2.29. The predicted molar refractivity (Wildman–Crippen MR) is 94.2 cm³/mol. The number of H-pyrrole nitrogens is 1. The lowest BCUT2D eigenvalue weighted by molar-refractivity contribution is 0.575. The maximum Gasteiger partial charge on any atom is 0.271 e. The molecule has 3 heterocycles. The lowest BCUT2D eigenvalue weighted by Gasteiger charge is -2.22. The van der Waals surface area contributed by atoms with Gasteiger partial charge in [0.15, 0.2) is 0 Å². The molecule has 0 unspecified atom stereocenters. The van der Waals surface area contributed by atoms with Gasteiger partial charge in [-0.25, -0.2) is 10.1 Å². The lowest BCUT2D eigenvalue weighted by Crippen LogP contribution is -2.44. The third-order valence-corrected chi connectivity index (χ3v) is 4.54. The molecule has 0 fully saturated rings. The van der Waals surface area contributed by atoms with Gasteiger partial charge < -0.3 is 10.6 Å². The van der Waals surface area contributed by atoms with E-state index in [9.17, 15) is 4.79 Å². The van der Waals surface area contributed by atoms with Crippen molar-refractivity contribution < 1.29 is 0 Å². The molecule has 3 N–H and O–H groups in total. The summed E-state index contributed by atoms with van der Waals surface area (Å²) in [7, 11) is 0. The van der Waals surface area contributed by atoms with Crippen LogP contribution >= 0.6 is 0 Å².